The van der Waals surface area contributed by atoms with Crippen LogP contribution >= 0.6 is 11.3 Å². The predicted molar refractivity (Wildman–Crippen MR) is 121 cm³/mol. The zero-order chi connectivity index (χ0) is 20.1. The summed E-state index contributed by atoms with van der Waals surface area (Å²) < 4.78 is 2.46. The van der Waals surface area contributed by atoms with Crippen LogP contribution in [0.3, 0.4) is 0 Å². The van der Waals surface area contributed by atoms with Crippen molar-refractivity contribution in [2.24, 2.45) is 0 Å². The lowest BCUT2D eigenvalue weighted by Gasteiger charge is -2.06. The molecule has 0 spiro atoms. The van der Waals surface area contributed by atoms with Crippen LogP contribution in [0.2, 0.25) is 0 Å². The summed E-state index contributed by atoms with van der Waals surface area (Å²) in [4.78, 5) is 28.4. The molecule has 5 nitrogen and oxygen atoms in total. The maximum absolute atomic E-state index is 13.3. The van der Waals surface area contributed by atoms with Crippen LogP contribution in [0.25, 0.3) is 48.9 Å². The molecular formula is C24H14N4OS. The monoisotopic (exact) mass is 406 g/mol. The van der Waals surface area contributed by atoms with E-state index >= 15 is 0 Å². The lowest BCUT2D eigenvalue weighted by atomic mass is 10.1. The molecule has 6 heteroatoms. The van der Waals surface area contributed by atoms with Crippen molar-refractivity contribution >= 4 is 37.5 Å². The first-order valence-electron chi connectivity index (χ1n) is 9.52. The Hall–Kier alpha value is -3.90. The number of nitrogens with zero attached hydrogens (tertiary/aromatic N) is 4. The molecule has 0 aliphatic carbocycles. The summed E-state index contributed by atoms with van der Waals surface area (Å²) in [6, 6.07) is 27.2. The van der Waals surface area contributed by atoms with Gasteiger partial charge in [0.2, 0.25) is 0 Å². The SMILES string of the molecule is O=c1c2ccccc2nc2sc3c(-c4ccccc4)nc(-c4ccccc4)nc3n12. The zero-order valence-electron chi connectivity index (χ0n) is 15.7. The molecule has 0 radical (unpaired) electrons. The van der Waals surface area contributed by atoms with Crippen molar-refractivity contribution in [1.29, 1.82) is 0 Å². The smallest absolute Gasteiger partial charge is 0.268 e. The minimum Gasteiger partial charge on any atom is -0.268 e. The highest BCUT2D eigenvalue weighted by molar-refractivity contribution is 7.24. The number of aromatic nitrogens is 4. The van der Waals surface area contributed by atoms with Crippen LogP contribution in [-0.4, -0.2) is 19.4 Å². The molecule has 6 aromatic rings. The van der Waals surface area contributed by atoms with E-state index in [0.29, 0.717) is 27.3 Å². The van der Waals surface area contributed by atoms with Crippen molar-refractivity contribution in [3.8, 4) is 22.6 Å². The van der Waals surface area contributed by atoms with E-state index in [0.717, 1.165) is 21.5 Å². The largest absolute Gasteiger partial charge is 0.268 e. The number of para-hydroxylation sites is 1. The van der Waals surface area contributed by atoms with E-state index in [-0.39, 0.29) is 5.56 Å². The van der Waals surface area contributed by atoms with Crippen molar-refractivity contribution in [1.82, 2.24) is 19.4 Å². The fourth-order valence-corrected chi connectivity index (χ4v) is 4.73. The van der Waals surface area contributed by atoms with Crippen LogP contribution in [0.15, 0.2) is 89.7 Å². The molecule has 0 N–H and O–H groups in total. The first-order chi connectivity index (χ1) is 14.8. The molecule has 0 unspecified atom stereocenters. The number of fused-ring (bicyclic) bond motifs is 4. The topological polar surface area (TPSA) is 60.2 Å². The summed E-state index contributed by atoms with van der Waals surface area (Å²) >= 11 is 1.44. The molecular weight excluding hydrogens is 392 g/mol. The summed E-state index contributed by atoms with van der Waals surface area (Å²) in [7, 11) is 0. The first kappa shape index (κ1) is 17.0. The van der Waals surface area contributed by atoms with Gasteiger partial charge in [-0.25, -0.2) is 19.4 Å². The minimum absolute atomic E-state index is 0.112. The second kappa shape index (κ2) is 6.57. The van der Waals surface area contributed by atoms with Crippen molar-refractivity contribution in [3.63, 3.8) is 0 Å². The van der Waals surface area contributed by atoms with E-state index in [1.807, 2.05) is 78.9 Å². The lowest BCUT2D eigenvalue weighted by Crippen LogP contribution is -2.14. The molecule has 3 aromatic carbocycles. The third-order valence-corrected chi connectivity index (χ3v) is 6.11. The van der Waals surface area contributed by atoms with E-state index in [2.05, 4.69) is 0 Å². The Labute approximate surface area is 174 Å². The Balaban J connectivity index is 1.80. The number of thiazole rings is 1. The fraction of sp³-hybridized carbons (Fsp3) is 0. The molecule has 0 aliphatic heterocycles. The predicted octanol–water partition coefficient (Wildman–Crippen LogP) is 5.19. The lowest BCUT2D eigenvalue weighted by molar-refractivity contribution is 1.10. The van der Waals surface area contributed by atoms with Gasteiger partial charge in [-0.3, -0.25) is 4.79 Å². The molecule has 0 fully saturated rings. The fourth-order valence-electron chi connectivity index (χ4n) is 3.65. The zero-order valence-corrected chi connectivity index (χ0v) is 16.5. The van der Waals surface area contributed by atoms with Gasteiger partial charge in [0.15, 0.2) is 16.4 Å². The van der Waals surface area contributed by atoms with Crippen molar-refractivity contribution in [2.75, 3.05) is 0 Å². The van der Waals surface area contributed by atoms with Gasteiger partial charge >= 0.3 is 0 Å². The maximum Gasteiger partial charge on any atom is 0.268 e. The Bertz CT molecular complexity index is 1610. The van der Waals surface area contributed by atoms with Gasteiger partial charge in [0, 0.05) is 11.1 Å². The number of benzene rings is 3. The number of hydrogen-bond acceptors (Lipinski definition) is 5. The summed E-state index contributed by atoms with van der Waals surface area (Å²) in [5.41, 5.74) is 3.85. The van der Waals surface area contributed by atoms with E-state index in [1.54, 1.807) is 10.5 Å². The number of hydrogen-bond donors (Lipinski definition) is 0. The van der Waals surface area contributed by atoms with Crippen LogP contribution in [0.4, 0.5) is 0 Å². The highest BCUT2D eigenvalue weighted by Crippen LogP contribution is 2.34. The third-order valence-electron chi connectivity index (χ3n) is 5.08. The first-order valence-corrected chi connectivity index (χ1v) is 10.3. The van der Waals surface area contributed by atoms with Gasteiger partial charge in [-0.05, 0) is 12.1 Å². The average molecular weight is 406 g/mol. The summed E-state index contributed by atoms with van der Waals surface area (Å²) in [5, 5.41) is 0.579. The molecule has 142 valence electrons. The molecule has 0 amide bonds. The summed E-state index contributed by atoms with van der Waals surface area (Å²) in [6.07, 6.45) is 0. The molecule has 6 rings (SSSR count). The molecule has 0 saturated heterocycles. The maximum atomic E-state index is 13.3. The van der Waals surface area contributed by atoms with Crippen LogP contribution in [0.5, 0.6) is 0 Å². The molecule has 0 atom stereocenters. The standard InChI is InChI=1S/C24H14N4OS/c29-23-17-13-7-8-14-18(17)25-24-28(23)22-20(30-24)19(15-9-3-1-4-10-15)26-21(27-22)16-11-5-2-6-12-16/h1-14H. The van der Waals surface area contributed by atoms with Crippen molar-refractivity contribution in [3.05, 3.63) is 95.3 Å². The van der Waals surface area contributed by atoms with E-state index in [9.17, 15) is 4.79 Å². The van der Waals surface area contributed by atoms with Gasteiger partial charge in [-0.15, -0.1) is 0 Å². The molecule has 3 heterocycles. The van der Waals surface area contributed by atoms with Gasteiger partial charge < -0.3 is 0 Å². The van der Waals surface area contributed by atoms with Gasteiger partial charge in [0.05, 0.1) is 16.6 Å². The Morgan fingerprint density at radius 2 is 1.37 bits per heavy atom. The van der Waals surface area contributed by atoms with Gasteiger partial charge in [-0.2, -0.15) is 0 Å². The number of rotatable bonds is 2. The summed E-state index contributed by atoms with van der Waals surface area (Å²) in [5.74, 6) is 0.585. The van der Waals surface area contributed by atoms with Gasteiger partial charge in [0.1, 0.15) is 4.70 Å². The normalized spacial score (nSPS) is 11.5. The minimum atomic E-state index is -0.112. The molecule has 0 aliphatic rings. The van der Waals surface area contributed by atoms with Gasteiger partial charge in [-0.1, -0.05) is 84.1 Å². The summed E-state index contributed by atoms with van der Waals surface area (Å²) in [6.45, 7) is 0. The van der Waals surface area contributed by atoms with Crippen LogP contribution in [0.1, 0.15) is 0 Å². The molecule has 3 aromatic heterocycles. The van der Waals surface area contributed by atoms with Crippen molar-refractivity contribution < 1.29 is 0 Å². The Morgan fingerprint density at radius 3 is 2.13 bits per heavy atom. The van der Waals surface area contributed by atoms with E-state index in [4.69, 9.17) is 15.0 Å². The highest BCUT2D eigenvalue weighted by Gasteiger charge is 2.19. The second-order valence-electron chi connectivity index (χ2n) is 6.93. The third kappa shape index (κ3) is 2.54. The van der Waals surface area contributed by atoms with Crippen LogP contribution < -0.4 is 5.56 Å². The highest BCUT2D eigenvalue weighted by atomic mass is 32.1. The van der Waals surface area contributed by atoms with E-state index in [1.165, 1.54) is 11.3 Å². The molecule has 0 bridgehead atoms. The van der Waals surface area contributed by atoms with Gasteiger partial charge in [0.25, 0.3) is 5.56 Å². The molecule has 30 heavy (non-hydrogen) atoms. The van der Waals surface area contributed by atoms with Crippen LogP contribution in [-0.2, 0) is 0 Å². The van der Waals surface area contributed by atoms with Crippen LogP contribution in [0, 0.1) is 0 Å². The van der Waals surface area contributed by atoms with E-state index < -0.39 is 0 Å². The molecule has 0 saturated carbocycles. The Morgan fingerprint density at radius 1 is 0.700 bits per heavy atom. The Kier molecular flexibility index (Phi) is 3.72. The second-order valence-corrected chi connectivity index (χ2v) is 7.91. The quantitative estimate of drug-likeness (QED) is 0.397. The average Bonchev–Trinajstić information content (AvgIpc) is 3.18. The van der Waals surface area contributed by atoms with Crippen molar-refractivity contribution in [2.45, 2.75) is 0 Å².